The number of anilines is 1. The van der Waals surface area contributed by atoms with Crippen molar-refractivity contribution in [2.75, 3.05) is 12.8 Å². The van der Waals surface area contributed by atoms with Gasteiger partial charge in [0.2, 0.25) is 0 Å². The molecule has 0 aliphatic carbocycles. The van der Waals surface area contributed by atoms with Gasteiger partial charge in [-0.3, -0.25) is 9.20 Å². The molecule has 0 unspecified atom stereocenters. The molecule has 0 aliphatic rings. The Labute approximate surface area is 90.6 Å². The van der Waals surface area contributed by atoms with E-state index in [1.54, 1.807) is 6.20 Å². The Balaban J connectivity index is 2.52. The van der Waals surface area contributed by atoms with Crippen LogP contribution < -0.4 is 5.73 Å². The summed E-state index contributed by atoms with van der Waals surface area (Å²) in [6.07, 6.45) is 1.52. The average molecular weight is 223 g/mol. The first-order valence-electron chi connectivity index (χ1n) is 4.61. The normalized spacial score (nSPS) is 10.6. The summed E-state index contributed by atoms with van der Waals surface area (Å²) in [6.45, 7) is 0. The number of fused-ring (bicyclic) bond motifs is 1. The molecule has 5 nitrogen and oxygen atoms in total. The van der Waals surface area contributed by atoms with E-state index in [0.29, 0.717) is 5.69 Å². The maximum Gasteiger partial charge on any atom is 0.311 e. The summed E-state index contributed by atoms with van der Waals surface area (Å²) in [5.74, 6) is -0.694. The lowest BCUT2D eigenvalue weighted by atomic mass is 10.3. The van der Waals surface area contributed by atoms with E-state index in [0.717, 1.165) is 0 Å². The second kappa shape index (κ2) is 3.80. The monoisotopic (exact) mass is 223 g/mol. The molecule has 2 aromatic heterocycles. The summed E-state index contributed by atoms with van der Waals surface area (Å²) in [5.41, 5.74) is 6.16. The van der Waals surface area contributed by atoms with Gasteiger partial charge in [-0.25, -0.2) is 9.37 Å². The predicted molar refractivity (Wildman–Crippen MR) is 55.3 cm³/mol. The molecule has 0 fully saturated rings. The second-order valence-corrected chi connectivity index (χ2v) is 3.25. The zero-order valence-electron chi connectivity index (χ0n) is 8.61. The number of nitrogen functional groups attached to an aromatic ring is 1. The molecule has 0 amide bonds. The molecular weight excluding hydrogens is 213 g/mol. The molecule has 0 saturated heterocycles. The van der Waals surface area contributed by atoms with Gasteiger partial charge in [-0.15, -0.1) is 0 Å². The smallest absolute Gasteiger partial charge is 0.311 e. The van der Waals surface area contributed by atoms with Gasteiger partial charge >= 0.3 is 5.97 Å². The summed E-state index contributed by atoms with van der Waals surface area (Å²) >= 11 is 0. The van der Waals surface area contributed by atoms with Crippen LogP contribution in [0.25, 0.3) is 5.65 Å². The van der Waals surface area contributed by atoms with Crippen LogP contribution in [-0.4, -0.2) is 22.5 Å². The van der Waals surface area contributed by atoms with E-state index >= 15 is 0 Å². The highest BCUT2D eigenvalue weighted by atomic mass is 19.1. The molecule has 0 atom stereocenters. The quantitative estimate of drug-likeness (QED) is 0.763. The third kappa shape index (κ3) is 1.58. The van der Waals surface area contributed by atoms with E-state index in [1.807, 2.05) is 0 Å². The summed E-state index contributed by atoms with van der Waals surface area (Å²) < 4.78 is 19.2. The lowest BCUT2D eigenvalue weighted by molar-refractivity contribution is -0.139. The van der Waals surface area contributed by atoms with Gasteiger partial charge in [0, 0.05) is 6.20 Å². The van der Waals surface area contributed by atoms with E-state index in [2.05, 4.69) is 9.72 Å². The van der Waals surface area contributed by atoms with Gasteiger partial charge in [-0.05, 0) is 12.1 Å². The van der Waals surface area contributed by atoms with Crippen molar-refractivity contribution < 1.29 is 13.9 Å². The van der Waals surface area contributed by atoms with E-state index in [9.17, 15) is 9.18 Å². The molecule has 0 bridgehead atoms. The first-order chi connectivity index (χ1) is 7.63. The van der Waals surface area contributed by atoms with Crippen molar-refractivity contribution in [3.8, 4) is 0 Å². The Bertz CT molecular complexity index is 550. The van der Waals surface area contributed by atoms with Crippen molar-refractivity contribution in [1.82, 2.24) is 9.38 Å². The van der Waals surface area contributed by atoms with Gasteiger partial charge in [0.15, 0.2) is 11.5 Å². The number of rotatable bonds is 2. The number of methoxy groups -OCH3 is 1. The third-order valence-electron chi connectivity index (χ3n) is 2.26. The minimum Gasteiger partial charge on any atom is -0.469 e. The average Bonchev–Trinajstić information content (AvgIpc) is 2.58. The number of imidazole rings is 1. The van der Waals surface area contributed by atoms with Crippen LogP contribution in [0, 0.1) is 5.82 Å². The zero-order valence-corrected chi connectivity index (χ0v) is 8.61. The van der Waals surface area contributed by atoms with Crippen molar-refractivity contribution in [2.24, 2.45) is 0 Å². The molecule has 2 N–H and O–H groups in total. The van der Waals surface area contributed by atoms with Crippen LogP contribution >= 0.6 is 0 Å². The molecule has 6 heteroatoms. The maximum absolute atomic E-state index is 13.3. The van der Waals surface area contributed by atoms with Gasteiger partial charge in [0.05, 0.1) is 19.2 Å². The van der Waals surface area contributed by atoms with E-state index < -0.39 is 11.8 Å². The third-order valence-corrected chi connectivity index (χ3v) is 2.26. The van der Waals surface area contributed by atoms with Crippen LogP contribution in [0.2, 0.25) is 0 Å². The molecule has 0 saturated carbocycles. The highest BCUT2D eigenvalue weighted by molar-refractivity contribution is 5.74. The largest absolute Gasteiger partial charge is 0.469 e. The Morgan fingerprint density at radius 2 is 2.44 bits per heavy atom. The summed E-state index contributed by atoms with van der Waals surface area (Å²) in [4.78, 5) is 15.0. The Hall–Kier alpha value is -2.11. The number of hydrogen-bond acceptors (Lipinski definition) is 4. The minimum absolute atomic E-state index is 0.0660. The van der Waals surface area contributed by atoms with Crippen molar-refractivity contribution in [1.29, 1.82) is 0 Å². The first-order valence-corrected chi connectivity index (χ1v) is 4.61. The molecule has 2 aromatic rings. The molecule has 0 aromatic carbocycles. The minimum atomic E-state index is -0.481. The number of carbonyl (C=O) groups excluding carboxylic acids is 1. The van der Waals surface area contributed by atoms with Crippen molar-refractivity contribution >= 4 is 17.4 Å². The second-order valence-electron chi connectivity index (χ2n) is 3.25. The lowest BCUT2D eigenvalue weighted by Crippen LogP contribution is -2.07. The van der Waals surface area contributed by atoms with Crippen LogP contribution in [-0.2, 0) is 16.0 Å². The molecule has 0 spiro atoms. The Kier molecular flexibility index (Phi) is 2.47. The van der Waals surface area contributed by atoms with E-state index in [-0.39, 0.29) is 17.9 Å². The molecular formula is C10H10FN3O2. The summed E-state index contributed by atoms with van der Waals surface area (Å²) in [7, 11) is 1.27. The van der Waals surface area contributed by atoms with Gasteiger partial charge < -0.3 is 10.5 Å². The van der Waals surface area contributed by atoms with E-state index in [4.69, 9.17) is 5.73 Å². The van der Waals surface area contributed by atoms with Crippen LogP contribution in [0.15, 0.2) is 18.3 Å². The predicted octanol–water partition coefficient (Wildman–Crippen LogP) is 0.771. The first kappa shape index (κ1) is 10.4. The molecule has 84 valence electrons. The van der Waals surface area contributed by atoms with Crippen molar-refractivity contribution in [3.05, 3.63) is 29.8 Å². The highest BCUT2D eigenvalue weighted by Crippen LogP contribution is 2.17. The number of carbonyl (C=O) groups is 1. The van der Waals surface area contributed by atoms with E-state index in [1.165, 1.54) is 23.6 Å². The number of pyridine rings is 1. The fourth-order valence-corrected chi connectivity index (χ4v) is 1.44. The number of esters is 1. The number of nitrogens with zero attached hydrogens (tertiary/aromatic N) is 2. The fourth-order valence-electron chi connectivity index (χ4n) is 1.44. The molecule has 0 aliphatic heterocycles. The van der Waals surface area contributed by atoms with Crippen LogP contribution in [0.5, 0.6) is 0 Å². The van der Waals surface area contributed by atoms with Crippen LogP contribution in [0.4, 0.5) is 10.2 Å². The zero-order chi connectivity index (χ0) is 11.7. The molecule has 2 rings (SSSR count). The van der Waals surface area contributed by atoms with Gasteiger partial charge in [-0.2, -0.15) is 0 Å². The summed E-state index contributed by atoms with van der Waals surface area (Å²) in [6, 6.07) is 2.80. The molecule has 0 radical (unpaired) electrons. The van der Waals surface area contributed by atoms with Crippen molar-refractivity contribution in [3.63, 3.8) is 0 Å². The lowest BCUT2D eigenvalue weighted by Gasteiger charge is -1.97. The van der Waals surface area contributed by atoms with Gasteiger partial charge in [-0.1, -0.05) is 0 Å². The maximum atomic E-state index is 13.3. The molecule has 16 heavy (non-hydrogen) atoms. The van der Waals surface area contributed by atoms with Crippen LogP contribution in [0.1, 0.15) is 5.69 Å². The van der Waals surface area contributed by atoms with Gasteiger partial charge in [0.1, 0.15) is 5.82 Å². The number of halogens is 1. The van der Waals surface area contributed by atoms with Crippen molar-refractivity contribution in [2.45, 2.75) is 6.42 Å². The summed E-state index contributed by atoms with van der Waals surface area (Å²) in [5, 5.41) is 0. The van der Waals surface area contributed by atoms with Crippen LogP contribution in [0.3, 0.4) is 0 Å². The number of ether oxygens (including phenoxy) is 1. The SMILES string of the molecule is COC(=O)Cc1nc2c(F)cccn2c1N. The number of nitrogens with two attached hydrogens (primary N) is 1. The molecule has 2 heterocycles. The standard InChI is InChI=1S/C10H10FN3O2/c1-16-8(15)5-7-9(12)14-4-2-3-6(11)10(14)13-7/h2-4H,5,12H2,1H3. The topological polar surface area (TPSA) is 69.6 Å². The van der Waals surface area contributed by atoms with Gasteiger partial charge in [0.25, 0.3) is 0 Å². The Morgan fingerprint density at radius 3 is 3.06 bits per heavy atom. The highest BCUT2D eigenvalue weighted by Gasteiger charge is 2.15. The number of aromatic nitrogens is 2. The number of hydrogen-bond donors (Lipinski definition) is 1. The fraction of sp³-hybridized carbons (Fsp3) is 0.200. The Morgan fingerprint density at radius 1 is 1.69 bits per heavy atom.